The van der Waals surface area contributed by atoms with Crippen LogP contribution in [0.15, 0.2) is 12.3 Å². The minimum Gasteiger partial charge on any atom is -0.299 e. The van der Waals surface area contributed by atoms with Crippen LogP contribution in [0.3, 0.4) is 0 Å². The Bertz CT molecular complexity index is 568. The molecule has 0 spiro atoms. The maximum atomic E-state index is 13.1. The number of nitrogens with zero attached hydrogens (tertiary/aromatic N) is 3. The second-order valence-corrected chi connectivity index (χ2v) is 3.59. The fraction of sp³-hybridized carbons (Fsp3) is 0.200. The fourth-order valence-electron chi connectivity index (χ4n) is 1.52. The highest BCUT2D eigenvalue weighted by Crippen LogP contribution is 2.21. The molecule has 0 atom stereocenters. The van der Waals surface area contributed by atoms with Gasteiger partial charge in [0.05, 0.1) is 28.9 Å². The minimum atomic E-state index is -0.441. The van der Waals surface area contributed by atoms with Crippen LogP contribution < -0.4 is 0 Å². The summed E-state index contributed by atoms with van der Waals surface area (Å²) in [5, 5.41) is 8.89. The highest BCUT2D eigenvalue weighted by molar-refractivity contribution is 6.33. The number of hydrogen-bond donors (Lipinski definition) is 0. The third-order valence-corrected chi connectivity index (χ3v) is 2.47. The lowest BCUT2D eigenvalue weighted by atomic mass is 10.3. The molecule has 5 heteroatoms. The highest BCUT2D eigenvalue weighted by Gasteiger charge is 2.11. The number of imidazole rings is 1. The summed E-state index contributed by atoms with van der Waals surface area (Å²) in [6, 6.07) is 3.22. The number of pyridine rings is 1. The second kappa shape index (κ2) is 3.52. The van der Waals surface area contributed by atoms with Crippen molar-refractivity contribution in [3.8, 4) is 6.07 Å². The summed E-state index contributed by atoms with van der Waals surface area (Å²) in [5.41, 5.74) is 1.86. The van der Waals surface area contributed by atoms with Crippen LogP contribution in [0, 0.1) is 24.1 Å². The van der Waals surface area contributed by atoms with Crippen molar-refractivity contribution in [2.75, 3.05) is 0 Å². The zero-order valence-corrected chi connectivity index (χ0v) is 8.72. The Morgan fingerprint density at radius 2 is 2.40 bits per heavy atom. The Labute approximate surface area is 90.7 Å². The second-order valence-electron chi connectivity index (χ2n) is 3.18. The molecular weight excluding hydrogens is 217 g/mol. The molecule has 3 nitrogen and oxygen atoms in total. The molecule has 0 aliphatic heterocycles. The first kappa shape index (κ1) is 9.94. The van der Waals surface area contributed by atoms with Crippen molar-refractivity contribution in [3.63, 3.8) is 0 Å². The third kappa shape index (κ3) is 1.55. The summed E-state index contributed by atoms with van der Waals surface area (Å²) in [6.07, 6.45) is 1.47. The molecule has 0 amide bonds. The maximum absolute atomic E-state index is 13.1. The average molecular weight is 224 g/mol. The molecule has 0 fully saturated rings. The number of hydrogen-bond acceptors (Lipinski definition) is 2. The Kier molecular flexibility index (Phi) is 2.33. The summed E-state index contributed by atoms with van der Waals surface area (Å²) in [7, 11) is 0. The van der Waals surface area contributed by atoms with Gasteiger partial charge < -0.3 is 0 Å². The van der Waals surface area contributed by atoms with Gasteiger partial charge in [0.15, 0.2) is 5.65 Å². The Hall–Kier alpha value is -1.60. The molecule has 0 saturated heterocycles. The van der Waals surface area contributed by atoms with Crippen molar-refractivity contribution >= 4 is 17.2 Å². The summed E-state index contributed by atoms with van der Waals surface area (Å²) in [6.45, 7) is 1.77. The lowest BCUT2D eigenvalue weighted by molar-refractivity contribution is 0.618. The van der Waals surface area contributed by atoms with Gasteiger partial charge in [-0.25, -0.2) is 9.37 Å². The molecule has 0 N–H and O–H groups in total. The van der Waals surface area contributed by atoms with Gasteiger partial charge in [-0.3, -0.25) is 4.40 Å². The Morgan fingerprint density at radius 3 is 3.07 bits per heavy atom. The van der Waals surface area contributed by atoms with E-state index in [0.29, 0.717) is 17.0 Å². The molecule has 0 saturated carbocycles. The number of rotatable bonds is 1. The lowest BCUT2D eigenvalue weighted by Gasteiger charge is -1.99. The Balaban J connectivity index is 2.81. The molecule has 15 heavy (non-hydrogen) atoms. The molecule has 2 aromatic rings. The first-order valence-electron chi connectivity index (χ1n) is 4.33. The number of halogens is 2. The van der Waals surface area contributed by atoms with Gasteiger partial charge in [0, 0.05) is 6.20 Å². The molecule has 0 aliphatic carbocycles. The monoisotopic (exact) mass is 223 g/mol. The van der Waals surface area contributed by atoms with E-state index >= 15 is 0 Å². The van der Waals surface area contributed by atoms with Gasteiger partial charge in [-0.2, -0.15) is 5.26 Å². The predicted octanol–water partition coefficient (Wildman–Crippen LogP) is 2.50. The van der Waals surface area contributed by atoms with Crippen LogP contribution in [0.2, 0.25) is 5.02 Å². The Morgan fingerprint density at radius 1 is 1.67 bits per heavy atom. The van der Waals surface area contributed by atoms with Crippen molar-refractivity contribution < 1.29 is 4.39 Å². The largest absolute Gasteiger partial charge is 0.299 e. The van der Waals surface area contributed by atoms with Crippen LogP contribution in [0.1, 0.15) is 11.4 Å². The number of nitriles is 1. The predicted molar refractivity (Wildman–Crippen MR) is 54.2 cm³/mol. The van der Waals surface area contributed by atoms with Crippen LogP contribution in [-0.2, 0) is 6.42 Å². The first-order valence-corrected chi connectivity index (χ1v) is 4.71. The van der Waals surface area contributed by atoms with Crippen molar-refractivity contribution in [1.29, 1.82) is 5.26 Å². The van der Waals surface area contributed by atoms with E-state index in [2.05, 4.69) is 4.98 Å². The summed E-state index contributed by atoms with van der Waals surface area (Å²) in [5.74, 6) is -0.441. The van der Waals surface area contributed by atoms with Gasteiger partial charge in [0.1, 0.15) is 5.82 Å². The summed E-state index contributed by atoms with van der Waals surface area (Å²) >= 11 is 5.84. The zero-order chi connectivity index (χ0) is 11.0. The normalized spacial score (nSPS) is 10.5. The molecular formula is C10H7ClFN3. The van der Waals surface area contributed by atoms with Crippen LogP contribution in [-0.4, -0.2) is 9.38 Å². The van der Waals surface area contributed by atoms with Crippen molar-refractivity contribution in [3.05, 3.63) is 34.5 Å². The quantitative estimate of drug-likeness (QED) is 0.745. The first-order chi connectivity index (χ1) is 7.13. The maximum Gasteiger partial charge on any atom is 0.156 e. The van der Waals surface area contributed by atoms with Gasteiger partial charge in [0.25, 0.3) is 0 Å². The molecule has 0 unspecified atom stereocenters. The van der Waals surface area contributed by atoms with Gasteiger partial charge in [0.2, 0.25) is 0 Å². The third-order valence-electron chi connectivity index (χ3n) is 2.19. The lowest BCUT2D eigenvalue weighted by Crippen LogP contribution is -1.94. The van der Waals surface area contributed by atoms with Gasteiger partial charge in [-0.05, 0) is 13.0 Å². The molecule has 0 radical (unpaired) electrons. The topological polar surface area (TPSA) is 41.1 Å². The highest BCUT2D eigenvalue weighted by atomic mass is 35.5. The SMILES string of the molecule is Cc1nc2c(Cl)cc(F)cn2c1CC#N. The van der Waals surface area contributed by atoms with E-state index < -0.39 is 5.82 Å². The van der Waals surface area contributed by atoms with Gasteiger partial charge in [-0.15, -0.1) is 0 Å². The van der Waals surface area contributed by atoms with Gasteiger partial charge in [-0.1, -0.05) is 11.6 Å². The van der Waals surface area contributed by atoms with Crippen molar-refractivity contribution in [2.24, 2.45) is 0 Å². The fourth-order valence-corrected chi connectivity index (χ4v) is 1.76. The van der Waals surface area contributed by atoms with E-state index in [0.717, 1.165) is 0 Å². The van der Waals surface area contributed by atoms with Crippen molar-refractivity contribution in [2.45, 2.75) is 13.3 Å². The van der Waals surface area contributed by atoms with Crippen LogP contribution >= 0.6 is 11.6 Å². The average Bonchev–Trinajstić information content (AvgIpc) is 2.46. The minimum absolute atomic E-state index is 0.187. The molecule has 76 valence electrons. The van der Waals surface area contributed by atoms with E-state index in [9.17, 15) is 4.39 Å². The molecule has 0 bridgehead atoms. The summed E-state index contributed by atoms with van der Waals surface area (Å²) in [4.78, 5) is 4.19. The van der Waals surface area contributed by atoms with E-state index in [1.807, 2.05) is 6.07 Å². The molecule has 0 aliphatic rings. The number of aromatic nitrogens is 2. The number of aryl methyl sites for hydroxylation is 1. The van der Waals surface area contributed by atoms with E-state index in [4.69, 9.17) is 16.9 Å². The van der Waals surface area contributed by atoms with E-state index in [1.165, 1.54) is 16.7 Å². The zero-order valence-electron chi connectivity index (χ0n) is 7.96. The molecule has 0 aromatic carbocycles. The molecule has 2 aromatic heterocycles. The molecule has 2 rings (SSSR count). The van der Waals surface area contributed by atoms with Crippen LogP contribution in [0.25, 0.3) is 5.65 Å². The van der Waals surface area contributed by atoms with Gasteiger partial charge >= 0.3 is 0 Å². The standard InChI is InChI=1S/C10H7ClFN3/c1-6-9(2-3-13)15-5-7(12)4-8(11)10(15)14-6/h4-5H,2H2,1H3. The summed E-state index contributed by atoms with van der Waals surface area (Å²) < 4.78 is 14.6. The van der Waals surface area contributed by atoms with Crippen LogP contribution in [0.5, 0.6) is 0 Å². The smallest absolute Gasteiger partial charge is 0.156 e. The van der Waals surface area contributed by atoms with Crippen molar-refractivity contribution in [1.82, 2.24) is 9.38 Å². The number of fused-ring (bicyclic) bond motifs is 1. The van der Waals surface area contributed by atoms with Crippen LogP contribution in [0.4, 0.5) is 4.39 Å². The van der Waals surface area contributed by atoms with E-state index in [-0.39, 0.29) is 11.4 Å². The molecule has 2 heterocycles. The van der Waals surface area contributed by atoms with E-state index in [1.54, 1.807) is 6.92 Å².